The fourth-order valence-electron chi connectivity index (χ4n) is 1.04. The van der Waals surface area contributed by atoms with Crippen molar-refractivity contribution in [2.75, 3.05) is 12.3 Å². The standard InChI is InChI=1S/C8H12N2O4S2/c1-6-4-15-7(10-6)2-3-9-16(13,14)5-8(11)12/h4,9H,2-3,5H2,1H3,(H,11,12). The molecule has 90 valence electrons. The van der Waals surface area contributed by atoms with E-state index in [1.54, 1.807) is 0 Å². The molecule has 0 saturated carbocycles. The summed E-state index contributed by atoms with van der Waals surface area (Å²) in [6, 6.07) is 0. The van der Waals surface area contributed by atoms with Crippen molar-refractivity contribution in [1.29, 1.82) is 0 Å². The highest BCUT2D eigenvalue weighted by Crippen LogP contribution is 2.08. The number of carbonyl (C=O) groups is 1. The summed E-state index contributed by atoms with van der Waals surface area (Å²) < 4.78 is 24.5. The maximum absolute atomic E-state index is 11.1. The smallest absolute Gasteiger partial charge is 0.320 e. The molecule has 1 aromatic rings. The average molecular weight is 264 g/mol. The Bertz CT molecular complexity index is 466. The van der Waals surface area contributed by atoms with Crippen molar-refractivity contribution >= 4 is 27.3 Å². The van der Waals surface area contributed by atoms with Crippen LogP contribution in [0.25, 0.3) is 0 Å². The number of aliphatic carboxylic acids is 1. The second-order valence-corrected chi connectivity index (χ2v) is 5.93. The summed E-state index contributed by atoms with van der Waals surface area (Å²) >= 11 is 1.45. The van der Waals surface area contributed by atoms with Gasteiger partial charge in [0.2, 0.25) is 10.0 Å². The molecule has 1 heterocycles. The van der Waals surface area contributed by atoms with Gasteiger partial charge in [-0.25, -0.2) is 18.1 Å². The van der Waals surface area contributed by atoms with Crippen LogP contribution in [0.3, 0.4) is 0 Å². The van der Waals surface area contributed by atoms with E-state index in [2.05, 4.69) is 9.71 Å². The van der Waals surface area contributed by atoms with Crippen molar-refractivity contribution < 1.29 is 18.3 Å². The van der Waals surface area contributed by atoms with Crippen LogP contribution in [-0.4, -0.2) is 36.8 Å². The van der Waals surface area contributed by atoms with Gasteiger partial charge in [0.25, 0.3) is 0 Å². The Morgan fingerprint density at radius 3 is 2.81 bits per heavy atom. The van der Waals surface area contributed by atoms with Gasteiger partial charge in [-0.1, -0.05) is 0 Å². The van der Waals surface area contributed by atoms with E-state index in [-0.39, 0.29) is 6.54 Å². The van der Waals surface area contributed by atoms with E-state index in [9.17, 15) is 13.2 Å². The van der Waals surface area contributed by atoms with E-state index in [0.29, 0.717) is 6.42 Å². The molecule has 0 aliphatic heterocycles. The number of aromatic nitrogens is 1. The fourth-order valence-corrected chi connectivity index (χ4v) is 2.66. The quantitative estimate of drug-likeness (QED) is 0.753. The molecule has 1 aromatic heterocycles. The van der Waals surface area contributed by atoms with Gasteiger partial charge in [0.05, 0.1) is 5.01 Å². The number of carboxylic acid groups (broad SMARTS) is 1. The number of aryl methyl sites for hydroxylation is 1. The van der Waals surface area contributed by atoms with Crippen molar-refractivity contribution in [3.05, 3.63) is 16.1 Å². The molecule has 0 amide bonds. The zero-order chi connectivity index (χ0) is 12.2. The lowest BCUT2D eigenvalue weighted by Crippen LogP contribution is -2.31. The van der Waals surface area contributed by atoms with Crippen molar-refractivity contribution in [2.24, 2.45) is 0 Å². The molecule has 0 aliphatic rings. The molecule has 6 nitrogen and oxygen atoms in total. The number of rotatable bonds is 6. The molecule has 0 saturated heterocycles. The van der Waals surface area contributed by atoms with Gasteiger partial charge in [0, 0.05) is 24.0 Å². The van der Waals surface area contributed by atoms with E-state index in [4.69, 9.17) is 5.11 Å². The number of sulfonamides is 1. The summed E-state index contributed by atoms with van der Waals surface area (Å²) in [6.45, 7) is 2.02. The average Bonchev–Trinajstić information content (AvgIpc) is 2.48. The van der Waals surface area contributed by atoms with Gasteiger partial charge in [0.15, 0.2) is 5.75 Å². The summed E-state index contributed by atoms with van der Waals surface area (Å²) in [5, 5.41) is 11.0. The third kappa shape index (κ3) is 4.69. The Labute approximate surface area is 97.4 Å². The maximum Gasteiger partial charge on any atom is 0.320 e. The van der Waals surface area contributed by atoms with Crippen molar-refractivity contribution in [3.63, 3.8) is 0 Å². The molecular formula is C8H12N2O4S2. The van der Waals surface area contributed by atoms with Crippen LogP contribution in [0.4, 0.5) is 0 Å². The predicted octanol–water partition coefficient (Wildman–Crippen LogP) is -0.00198. The molecule has 0 fully saturated rings. The predicted molar refractivity (Wildman–Crippen MR) is 60.0 cm³/mol. The van der Waals surface area contributed by atoms with Crippen LogP contribution in [0.2, 0.25) is 0 Å². The minimum Gasteiger partial charge on any atom is -0.480 e. The fraction of sp³-hybridized carbons (Fsp3) is 0.500. The number of thiazole rings is 1. The zero-order valence-corrected chi connectivity index (χ0v) is 10.3. The van der Waals surface area contributed by atoms with E-state index in [1.807, 2.05) is 12.3 Å². The first-order chi connectivity index (χ1) is 7.39. The number of hydrogen-bond acceptors (Lipinski definition) is 5. The third-order valence-electron chi connectivity index (χ3n) is 1.64. The topological polar surface area (TPSA) is 96.4 Å². The first-order valence-corrected chi connectivity index (χ1v) is 7.02. The van der Waals surface area contributed by atoms with Gasteiger partial charge in [-0.05, 0) is 6.92 Å². The largest absolute Gasteiger partial charge is 0.480 e. The Kier molecular flexibility index (Phi) is 4.39. The second-order valence-electron chi connectivity index (χ2n) is 3.18. The van der Waals surface area contributed by atoms with E-state index in [0.717, 1.165) is 10.7 Å². The van der Waals surface area contributed by atoms with Gasteiger partial charge >= 0.3 is 5.97 Å². The van der Waals surface area contributed by atoms with Crippen LogP contribution in [0.5, 0.6) is 0 Å². The van der Waals surface area contributed by atoms with E-state index < -0.39 is 21.7 Å². The number of nitrogens with zero attached hydrogens (tertiary/aromatic N) is 1. The molecule has 2 N–H and O–H groups in total. The summed E-state index contributed by atoms with van der Waals surface area (Å²) in [6.07, 6.45) is 0.470. The normalized spacial score (nSPS) is 11.6. The molecule has 0 aliphatic carbocycles. The molecule has 1 rings (SSSR count). The van der Waals surface area contributed by atoms with Gasteiger partial charge in [-0.15, -0.1) is 11.3 Å². The molecule has 0 atom stereocenters. The van der Waals surface area contributed by atoms with Gasteiger partial charge in [0.1, 0.15) is 0 Å². The second kappa shape index (κ2) is 5.37. The lowest BCUT2D eigenvalue weighted by atomic mass is 10.4. The third-order valence-corrected chi connectivity index (χ3v) is 3.94. The number of hydrogen-bond donors (Lipinski definition) is 2. The lowest BCUT2D eigenvalue weighted by molar-refractivity contribution is -0.134. The highest BCUT2D eigenvalue weighted by atomic mass is 32.2. The Morgan fingerprint density at radius 2 is 2.31 bits per heavy atom. The highest BCUT2D eigenvalue weighted by Gasteiger charge is 2.14. The van der Waals surface area contributed by atoms with Crippen molar-refractivity contribution in [1.82, 2.24) is 9.71 Å². The maximum atomic E-state index is 11.1. The van der Waals surface area contributed by atoms with E-state index in [1.165, 1.54) is 11.3 Å². The van der Waals surface area contributed by atoms with Crippen LogP contribution < -0.4 is 4.72 Å². The van der Waals surface area contributed by atoms with Crippen LogP contribution >= 0.6 is 11.3 Å². The van der Waals surface area contributed by atoms with Crippen LogP contribution in [0.1, 0.15) is 10.7 Å². The van der Waals surface area contributed by atoms with Crippen LogP contribution in [0, 0.1) is 6.92 Å². The van der Waals surface area contributed by atoms with Crippen molar-refractivity contribution in [3.8, 4) is 0 Å². The summed E-state index contributed by atoms with van der Waals surface area (Å²) in [5.41, 5.74) is 0.897. The minimum atomic E-state index is -3.72. The summed E-state index contributed by atoms with van der Waals surface area (Å²) in [7, 11) is -3.72. The van der Waals surface area contributed by atoms with Crippen LogP contribution in [-0.2, 0) is 21.2 Å². The minimum absolute atomic E-state index is 0.169. The first-order valence-electron chi connectivity index (χ1n) is 4.49. The van der Waals surface area contributed by atoms with Crippen molar-refractivity contribution in [2.45, 2.75) is 13.3 Å². The molecule has 0 spiro atoms. The highest BCUT2D eigenvalue weighted by molar-refractivity contribution is 7.90. The monoisotopic (exact) mass is 264 g/mol. The lowest BCUT2D eigenvalue weighted by Gasteiger charge is -2.02. The molecule has 0 unspecified atom stereocenters. The molecular weight excluding hydrogens is 252 g/mol. The molecule has 0 aromatic carbocycles. The Hall–Kier alpha value is -0.990. The summed E-state index contributed by atoms with van der Waals surface area (Å²) in [5.74, 6) is -2.26. The SMILES string of the molecule is Cc1csc(CCNS(=O)(=O)CC(=O)O)n1. The first kappa shape index (κ1) is 13.1. The molecule has 8 heteroatoms. The Morgan fingerprint density at radius 1 is 1.62 bits per heavy atom. The van der Waals surface area contributed by atoms with E-state index >= 15 is 0 Å². The number of carboxylic acids is 1. The zero-order valence-electron chi connectivity index (χ0n) is 8.63. The molecule has 0 radical (unpaired) electrons. The van der Waals surface area contributed by atoms with Crippen LogP contribution in [0.15, 0.2) is 5.38 Å². The summed E-state index contributed by atoms with van der Waals surface area (Å²) in [4.78, 5) is 14.4. The van der Waals surface area contributed by atoms with Gasteiger partial charge in [-0.3, -0.25) is 4.79 Å². The number of nitrogens with one attached hydrogen (secondary N) is 1. The van der Waals surface area contributed by atoms with Gasteiger partial charge < -0.3 is 5.11 Å². The molecule has 16 heavy (non-hydrogen) atoms. The van der Waals surface area contributed by atoms with Gasteiger partial charge in [-0.2, -0.15) is 0 Å². The Balaban J connectivity index is 2.38. The molecule has 0 bridgehead atoms.